The van der Waals surface area contributed by atoms with Gasteiger partial charge in [-0.1, -0.05) is 11.6 Å². The lowest BCUT2D eigenvalue weighted by Gasteiger charge is -2.35. The van der Waals surface area contributed by atoms with Crippen molar-refractivity contribution in [3.05, 3.63) is 23.0 Å². The molecule has 0 atom stereocenters. The molecule has 0 saturated carbocycles. The summed E-state index contributed by atoms with van der Waals surface area (Å²) in [6.07, 6.45) is 2.85. The molecule has 1 aliphatic rings. The predicted octanol–water partition coefficient (Wildman–Crippen LogP) is 1.77. The second-order valence-corrected chi connectivity index (χ2v) is 5.76. The fraction of sp³-hybridized carbons (Fsp3) is 0.643. The van der Waals surface area contributed by atoms with Crippen LogP contribution in [0.25, 0.3) is 0 Å². The van der Waals surface area contributed by atoms with E-state index in [0.29, 0.717) is 49.9 Å². The van der Waals surface area contributed by atoms with Crippen LogP contribution in [0.1, 0.15) is 30.3 Å². The molecule has 1 aliphatic heterocycles. The monoisotopic (exact) mass is 300 g/mol. The molecule has 1 aromatic rings. The summed E-state index contributed by atoms with van der Waals surface area (Å²) in [5.41, 5.74) is -0.300. The first kappa shape index (κ1) is 15.4. The fourth-order valence-electron chi connectivity index (χ4n) is 2.53. The summed E-state index contributed by atoms with van der Waals surface area (Å²) in [6.45, 7) is 4.02. The van der Waals surface area contributed by atoms with Gasteiger partial charge >= 0.3 is 0 Å². The molecule has 1 aromatic heterocycles. The summed E-state index contributed by atoms with van der Waals surface area (Å²) < 4.78 is 7.06. The molecule has 0 aromatic carbocycles. The Bertz CT molecular complexity index is 481. The molecule has 112 valence electrons. The maximum Gasteiger partial charge on any atom is 0.270 e. The Morgan fingerprint density at radius 3 is 2.80 bits per heavy atom. The summed E-state index contributed by atoms with van der Waals surface area (Å²) in [6, 6.07) is 1.66. The molecule has 1 saturated heterocycles. The van der Waals surface area contributed by atoms with Gasteiger partial charge in [0.25, 0.3) is 5.91 Å². The standard InChI is InChI=1S/C14H21ClN2O3/c1-3-17-9-11(15)8-12(17)13(18)16(2)10-14(19)4-6-20-7-5-14/h8-9,19H,3-7,10H2,1-2H3. The van der Waals surface area contributed by atoms with Gasteiger partial charge in [-0.3, -0.25) is 4.79 Å². The number of hydrogen-bond acceptors (Lipinski definition) is 3. The summed E-state index contributed by atoms with van der Waals surface area (Å²) in [5, 5.41) is 11.0. The number of likely N-dealkylation sites (N-methyl/N-ethyl adjacent to an activating group) is 1. The fourth-order valence-corrected chi connectivity index (χ4v) is 2.75. The van der Waals surface area contributed by atoms with Crippen molar-refractivity contribution in [2.45, 2.75) is 31.9 Å². The van der Waals surface area contributed by atoms with Crippen LogP contribution in [0, 0.1) is 0 Å². The van der Waals surface area contributed by atoms with Crippen molar-refractivity contribution in [3.8, 4) is 0 Å². The predicted molar refractivity (Wildman–Crippen MR) is 77.1 cm³/mol. The summed E-state index contributed by atoms with van der Waals surface area (Å²) in [7, 11) is 1.71. The van der Waals surface area contributed by atoms with E-state index >= 15 is 0 Å². The normalized spacial score (nSPS) is 18.0. The second kappa shape index (κ2) is 6.16. The number of rotatable bonds is 4. The van der Waals surface area contributed by atoms with Gasteiger partial charge in [0, 0.05) is 52.4 Å². The molecule has 0 radical (unpaired) electrons. The van der Waals surface area contributed by atoms with E-state index in [2.05, 4.69) is 0 Å². The van der Waals surface area contributed by atoms with E-state index in [-0.39, 0.29) is 5.91 Å². The van der Waals surface area contributed by atoms with Gasteiger partial charge in [0.15, 0.2) is 0 Å². The van der Waals surface area contributed by atoms with Crippen molar-refractivity contribution in [2.24, 2.45) is 0 Å². The van der Waals surface area contributed by atoms with Gasteiger partial charge in [0.05, 0.1) is 10.6 Å². The molecule has 0 unspecified atom stereocenters. The topological polar surface area (TPSA) is 54.7 Å². The molecule has 5 nitrogen and oxygen atoms in total. The maximum absolute atomic E-state index is 12.5. The highest BCUT2D eigenvalue weighted by Crippen LogP contribution is 2.23. The molecule has 6 heteroatoms. The summed E-state index contributed by atoms with van der Waals surface area (Å²) >= 11 is 5.95. The minimum absolute atomic E-state index is 0.126. The molecule has 2 rings (SSSR count). The number of aliphatic hydroxyl groups is 1. The molecular formula is C14H21ClN2O3. The van der Waals surface area contributed by atoms with Crippen molar-refractivity contribution in [2.75, 3.05) is 26.8 Å². The van der Waals surface area contributed by atoms with Gasteiger partial charge < -0.3 is 19.3 Å². The van der Waals surface area contributed by atoms with Gasteiger partial charge in [-0.15, -0.1) is 0 Å². The number of aromatic nitrogens is 1. The van der Waals surface area contributed by atoms with Crippen LogP contribution in [0.3, 0.4) is 0 Å². The van der Waals surface area contributed by atoms with Gasteiger partial charge in [-0.05, 0) is 13.0 Å². The van der Waals surface area contributed by atoms with Gasteiger partial charge in [0.2, 0.25) is 0 Å². The first-order valence-corrected chi connectivity index (χ1v) is 7.24. The Kier molecular flexibility index (Phi) is 4.73. The van der Waals surface area contributed by atoms with Crippen LogP contribution in [-0.2, 0) is 11.3 Å². The van der Waals surface area contributed by atoms with Crippen LogP contribution in [0.5, 0.6) is 0 Å². The first-order valence-electron chi connectivity index (χ1n) is 6.86. The molecule has 20 heavy (non-hydrogen) atoms. The molecule has 0 bridgehead atoms. The number of amides is 1. The van der Waals surface area contributed by atoms with E-state index in [1.807, 2.05) is 11.5 Å². The van der Waals surface area contributed by atoms with Crippen LogP contribution < -0.4 is 0 Å². The summed E-state index contributed by atoms with van der Waals surface area (Å²) in [4.78, 5) is 14.0. The number of nitrogens with zero attached hydrogens (tertiary/aromatic N) is 2. The van der Waals surface area contributed by atoms with E-state index in [1.165, 1.54) is 0 Å². The van der Waals surface area contributed by atoms with Crippen molar-refractivity contribution in [3.63, 3.8) is 0 Å². The highest BCUT2D eigenvalue weighted by Gasteiger charge is 2.33. The van der Waals surface area contributed by atoms with Gasteiger partial charge in [-0.25, -0.2) is 0 Å². The molecule has 0 aliphatic carbocycles. The minimum Gasteiger partial charge on any atom is -0.388 e. The second-order valence-electron chi connectivity index (χ2n) is 5.33. The van der Waals surface area contributed by atoms with Crippen LogP contribution in [0.2, 0.25) is 5.02 Å². The van der Waals surface area contributed by atoms with E-state index in [9.17, 15) is 9.90 Å². The third kappa shape index (κ3) is 3.34. The molecule has 0 spiro atoms. The average molecular weight is 301 g/mol. The average Bonchev–Trinajstić information content (AvgIpc) is 2.79. The maximum atomic E-state index is 12.5. The Labute approximate surface area is 124 Å². The third-order valence-electron chi connectivity index (χ3n) is 3.72. The number of aryl methyl sites for hydroxylation is 1. The van der Waals surface area contributed by atoms with Gasteiger partial charge in [-0.2, -0.15) is 0 Å². The lowest BCUT2D eigenvalue weighted by Crippen LogP contribution is -2.47. The number of carbonyl (C=O) groups excluding carboxylic acids is 1. The van der Waals surface area contributed by atoms with Crippen LogP contribution in [-0.4, -0.2) is 52.9 Å². The minimum atomic E-state index is -0.851. The quantitative estimate of drug-likeness (QED) is 0.922. The molecule has 1 amide bonds. The smallest absolute Gasteiger partial charge is 0.270 e. The largest absolute Gasteiger partial charge is 0.388 e. The molecule has 2 heterocycles. The zero-order chi connectivity index (χ0) is 14.8. The Hall–Kier alpha value is -1.04. The number of carbonyl (C=O) groups is 1. The number of ether oxygens (including phenoxy) is 1. The van der Waals surface area contributed by atoms with Crippen molar-refractivity contribution < 1.29 is 14.6 Å². The lowest BCUT2D eigenvalue weighted by atomic mass is 9.94. The van der Waals surface area contributed by atoms with Crippen molar-refractivity contribution >= 4 is 17.5 Å². The van der Waals surface area contributed by atoms with Gasteiger partial charge in [0.1, 0.15) is 5.69 Å². The Morgan fingerprint density at radius 2 is 2.20 bits per heavy atom. The first-order chi connectivity index (χ1) is 9.45. The molecule has 1 fully saturated rings. The van der Waals surface area contributed by atoms with Crippen LogP contribution in [0.15, 0.2) is 12.3 Å². The van der Waals surface area contributed by atoms with E-state index in [4.69, 9.17) is 16.3 Å². The zero-order valence-corrected chi connectivity index (χ0v) is 12.7. The van der Waals surface area contributed by atoms with Crippen molar-refractivity contribution in [1.29, 1.82) is 0 Å². The number of hydrogen-bond donors (Lipinski definition) is 1. The van der Waals surface area contributed by atoms with Crippen molar-refractivity contribution in [1.82, 2.24) is 9.47 Å². The third-order valence-corrected chi connectivity index (χ3v) is 3.93. The van der Waals surface area contributed by atoms with Crippen LogP contribution >= 0.6 is 11.6 Å². The molecule has 1 N–H and O–H groups in total. The lowest BCUT2D eigenvalue weighted by molar-refractivity contribution is -0.0735. The van der Waals surface area contributed by atoms with E-state index in [0.717, 1.165) is 0 Å². The summed E-state index contributed by atoms with van der Waals surface area (Å²) in [5.74, 6) is -0.126. The molecular weight excluding hydrogens is 280 g/mol. The zero-order valence-electron chi connectivity index (χ0n) is 11.9. The Morgan fingerprint density at radius 1 is 1.55 bits per heavy atom. The number of halogens is 1. The van der Waals surface area contributed by atoms with E-state index < -0.39 is 5.60 Å². The van der Waals surface area contributed by atoms with E-state index in [1.54, 1.807) is 24.2 Å². The highest BCUT2D eigenvalue weighted by atomic mass is 35.5. The van der Waals surface area contributed by atoms with Crippen LogP contribution in [0.4, 0.5) is 0 Å². The SMILES string of the molecule is CCn1cc(Cl)cc1C(=O)N(C)CC1(O)CCOCC1. The Balaban J connectivity index is 2.08. The highest BCUT2D eigenvalue weighted by molar-refractivity contribution is 6.31.